The summed E-state index contributed by atoms with van der Waals surface area (Å²) in [5.74, 6) is -0.0116. The van der Waals surface area contributed by atoms with Gasteiger partial charge in [-0.15, -0.1) is 0 Å². The molecule has 120 valence electrons. The molecule has 5 heteroatoms. The number of amides is 1. The number of pyridine rings is 1. The maximum Gasteiger partial charge on any atom is 0.254 e. The van der Waals surface area contributed by atoms with E-state index in [1.54, 1.807) is 6.07 Å². The molecule has 1 aromatic heterocycles. The molecule has 1 saturated heterocycles. The van der Waals surface area contributed by atoms with E-state index in [0.717, 1.165) is 44.3 Å². The molecule has 1 saturated carbocycles. The summed E-state index contributed by atoms with van der Waals surface area (Å²) in [6, 6.07) is 3.90. The molecule has 0 bridgehead atoms. The predicted molar refractivity (Wildman–Crippen MR) is 86.1 cm³/mol. The first kappa shape index (κ1) is 15.3. The summed E-state index contributed by atoms with van der Waals surface area (Å²) < 4.78 is 0. The maximum absolute atomic E-state index is 12.6. The number of hydrogen-bond acceptors (Lipinski definition) is 3. The third-order valence-corrected chi connectivity index (χ3v) is 4.88. The van der Waals surface area contributed by atoms with Crippen molar-refractivity contribution in [2.24, 2.45) is 0 Å². The molecule has 0 unspecified atom stereocenters. The van der Waals surface area contributed by atoms with Crippen LogP contribution in [-0.4, -0.2) is 52.9 Å². The van der Waals surface area contributed by atoms with Crippen molar-refractivity contribution in [2.75, 3.05) is 26.2 Å². The quantitative estimate of drug-likeness (QED) is 0.906. The fraction of sp³-hybridized carbons (Fsp3) is 0.647. The second kappa shape index (κ2) is 6.65. The van der Waals surface area contributed by atoms with Crippen molar-refractivity contribution in [2.45, 2.75) is 45.1 Å². The second-order valence-corrected chi connectivity index (χ2v) is 6.54. The van der Waals surface area contributed by atoms with E-state index >= 15 is 0 Å². The van der Waals surface area contributed by atoms with Crippen molar-refractivity contribution in [1.82, 2.24) is 14.8 Å². The topological polar surface area (TPSA) is 56.4 Å². The zero-order valence-corrected chi connectivity index (χ0v) is 13.3. The first-order chi connectivity index (χ1) is 10.6. The fourth-order valence-electron chi connectivity index (χ4n) is 3.76. The van der Waals surface area contributed by atoms with Gasteiger partial charge in [-0.3, -0.25) is 14.5 Å². The lowest BCUT2D eigenvalue weighted by Gasteiger charge is -2.27. The zero-order chi connectivity index (χ0) is 15.5. The molecule has 1 aromatic rings. The molecule has 1 N–H and O–H groups in total. The molecule has 0 radical (unpaired) electrons. The van der Waals surface area contributed by atoms with Gasteiger partial charge in [0.1, 0.15) is 0 Å². The first-order valence-electron chi connectivity index (χ1n) is 8.38. The van der Waals surface area contributed by atoms with Crippen molar-refractivity contribution in [3.8, 4) is 0 Å². The number of carbonyl (C=O) groups excluding carboxylic acids is 1. The van der Waals surface area contributed by atoms with E-state index in [-0.39, 0.29) is 11.5 Å². The number of aromatic nitrogens is 1. The van der Waals surface area contributed by atoms with Gasteiger partial charge in [-0.1, -0.05) is 12.8 Å². The smallest absolute Gasteiger partial charge is 0.254 e. The van der Waals surface area contributed by atoms with Crippen LogP contribution in [0.25, 0.3) is 0 Å². The van der Waals surface area contributed by atoms with E-state index in [1.807, 2.05) is 11.8 Å². The molecule has 0 aromatic carbocycles. The van der Waals surface area contributed by atoms with Gasteiger partial charge in [0.25, 0.3) is 5.91 Å². The van der Waals surface area contributed by atoms with Gasteiger partial charge in [0.05, 0.1) is 0 Å². The number of aromatic amines is 1. The van der Waals surface area contributed by atoms with E-state index in [0.29, 0.717) is 5.56 Å². The lowest BCUT2D eigenvalue weighted by molar-refractivity contribution is 0.0757. The molecule has 1 amide bonds. The molecular formula is C17H25N3O2. The number of nitrogens with zero attached hydrogens (tertiary/aromatic N) is 2. The first-order valence-corrected chi connectivity index (χ1v) is 8.38. The minimum Gasteiger partial charge on any atom is -0.337 e. The molecule has 0 atom stereocenters. The summed E-state index contributed by atoms with van der Waals surface area (Å²) in [5.41, 5.74) is 1.04. The van der Waals surface area contributed by atoms with E-state index in [9.17, 15) is 9.59 Å². The minimum atomic E-state index is -0.203. The van der Waals surface area contributed by atoms with Gasteiger partial charge >= 0.3 is 0 Å². The molecular weight excluding hydrogens is 278 g/mol. The summed E-state index contributed by atoms with van der Waals surface area (Å²) in [4.78, 5) is 31.4. The van der Waals surface area contributed by atoms with Crippen LogP contribution in [0, 0.1) is 6.92 Å². The van der Waals surface area contributed by atoms with Crippen LogP contribution >= 0.6 is 0 Å². The third-order valence-electron chi connectivity index (χ3n) is 4.88. The second-order valence-electron chi connectivity index (χ2n) is 6.54. The number of nitrogens with one attached hydrogen (secondary N) is 1. The Morgan fingerprint density at radius 2 is 1.86 bits per heavy atom. The van der Waals surface area contributed by atoms with Crippen molar-refractivity contribution >= 4 is 5.91 Å². The highest BCUT2D eigenvalue weighted by Gasteiger charge is 2.26. The van der Waals surface area contributed by atoms with E-state index in [4.69, 9.17) is 0 Å². The van der Waals surface area contributed by atoms with Crippen molar-refractivity contribution in [3.05, 3.63) is 33.7 Å². The Balaban J connectivity index is 1.67. The van der Waals surface area contributed by atoms with Crippen LogP contribution < -0.4 is 5.56 Å². The number of rotatable bonds is 2. The minimum absolute atomic E-state index is 0.0116. The summed E-state index contributed by atoms with van der Waals surface area (Å²) in [6.45, 7) is 5.40. The van der Waals surface area contributed by atoms with Crippen LogP contribution in [0.15, 0.2) is 16.9 Å². The van der Waals surface area contributed by atoms with Crippen molar-refractivity contribution in [1.29, 1.82) is 0 Å². The maximum atomic E-state index is 12.6. The Kier molecular flexibility index (Phi) is 4.62. The fourth-order valence-corrected chi connectivity index (χ4v) is 3.76. The van der Waals surface area contributed by atoms with Crippen LogP contribution in [-0.2, 0) is 0 Å². The van der Waals surface area contributed by atoms with Crippen LogP contribution in [0.1, 0.15) is 48.2 Å². The van der Waals surface area contributed by atoms with Gasteiger partial charge in [-0.25, -0.2) is 0 Å². The van der Waals surface area contributed by atoms with Gasteiger partial charge in [0.2, 0.25) is 5.56 Å². The Labute approximate surface area is 131 Å². The van der Waals surface area contributed by atoms with Gasteiger partial charge < -0.3 is 9.88 Å². The predicted octanol–water partition coefficient (Wildman–Crippen LogP) is 1.77. The highest BCUT2D eigenvalue weighted by molar-refractivity contribution is 5.94. The molecule has 1 aliphatic heterocycles. The summed E-state index contributed by atoms with van der Waals surface area (Å²) >= 11 is 0. The van der Waals surface area contributed by atoms with Crippen LogP contribution in [0.4, 0.5) is 0 Å². The summed E-state index contributed by atoms with van der Waals surface area (Å²) in [7, 11) is 0. The highest BCUT2D eigenvalue weighted by atomic mass is 16.2. The Morgan fingerprint density at radius 3 is 2.59 bits per heavy atom. The molecule has 22 heavy (non-hydrogen) atoms. The molecule has 1 aliphatic carbocycles. The van der Waals surface area contributed by atoms with Crippen LogP contribution in [0.5, 0.6) is 0 Å². The number of hydrogen-bond donors (Lipinski definition) is 1. The highest BCUT2D eigenvalue weighted by Crippen LogP contribution is 2.24. The molecule has 2 aliphatic rings. The van der Waals surface area contributed by atoms with Gasteiger partial charge in [0, 0.05) is 49.5 Å². The van der Waals surface area contributed by atoms with Crippen molar-refractivity contribution < 1.29 is 4.79 Å². The average molecular weight is 303 g/mol. The number of carbonyl (C=O) groups is 1. The van der Waals surface area contributed by atoms with Gasteiger partial charge in [-0.05, 0) is 32.3 Å². The monoisotopic (exact) mass is 303 g/mol. The van der Waals surface area contributed by atoms with Crippen LogP contribution in [0.2, 0.25) is 0 Å². The van der Waals surface area contributed by atoms with E-state index in [1.165, 1.54) is 31.7 Å². The Morgan fingerprint density at radius 1 is 1.09 bits per heavy atom. The van der Waals surface area contributed by atoms with E-state index < -0.39 is 0 Å². The lowest BCUT2D eigenvalue weighted by Crippen LogP contribution is -2.38. The van der Waals surface area contributed by atoms with Gasteiger partial charge in [-0.2, -0.15) is 0 Å². The molecule has 2 heterocycles. The largest absolute Gasteiger partial charge is 0.337 e. The molecule has 2 fully saturated rings. The third kappa shape index (κ3) is 3.40. The Hall–Kier alpha value is -1.62. The number of aryl methyl sites for hydroxylation is 1. The number of H-pyrrole nitrogens is 1. The average Bonchev–Trinajstić information content (AvgIpc) is 2.90. The SMILES string of the molecule is Cc1cc(C(=O)N2CCCN(C3CCCC3)CC2)cc(=O)[nH]1. The van der Waals surface area contributed by atoms with E-state index in [2.05, 4.69) is 9.88 Å². The lowest BCUT2D eigenvalue weighted by atomic mass is 10.2. The standard InChI is InChI=1S/C17H25N3O2/c1-13-11-14(12-16(21)18-13)17(22)20-8-4-7-19(9-10-20)15-5-2-3-6-15/h11-12,15H,2-10H2,1H3,(H,18,21). The van der Waals surface area contributed by atoms with Gasteiger partial charge in [0.15, 0.2) is 0 Å². The zero-order valence-electron chi connectivity index (χ0n) is 13.3. The summed E-state index contributed by atoms with van der Waals surface area (Å²) in [5, 5.41) is 0. The molecule has 0 spiro atoms. The Bertz CT molecular complexity index is 590. The molecule has 3 rings (SSSR count). The van der Waals surface area contributed by atoms with Crippen LogP contribution in [0.3, 0.4) is 0 Å². The van der Waals surface area contributed by atoms with Crippen molar-refractivity contribution in [3.63, 3.8) is 0 Å². The molecule has 5 nitrogen and oxygen atoms in total. The summed E-state index contributed by atoms with van der Waals surface area (Å²) in [6.07, 6.45) is 6.32. The normalized spacial score (nSPS) is 21.0.